The van der Waals surface area contributed by atoms with Gasteiger partial charge in [0.2, 0.25) is 0 Å². The molecule has 0 fully saturated rings. The number of aromatic nitrogens is 1. The zero-order valence-corrected chi connectivity index (χ0v) is 11.7. The van der Waals surface area contributed by atoms with Gasteiger partial charge in [0.05, 0.1) is 5.69 Å². The Bertz CT molecular complexity index is 465. The van der Waals surface area contributed by atoms with Crippen LogP contribution in [0.4, 0.5) is 0 Å². The van der Waals surface area contributed by atoms with E-state index >= 15 is 0 Å². The van der Waals surface area contributed by atoms with Crippen molar-refractivity contribution >= 4 is 11.9 Å². The third-order valence-corrected chi connectivity index (χ3v) is 2.82. The molecule has 0 saturated carbocycles. The number of nitrogens with one attached hydrogen (secondary N) is 1. The molecule has 0 aromatic carbocycles. The van der Waals surface area contributed by atoms with Gasteiger partial charge in [0.1, 0.15) is 11.6 Å². The molecule has 0 spiro atoms. The highest BCUT2D eigenvalue weighted by molar-refractivity contribution is 5.98. The van der Waals surface area contributed by atoms with Crippen LogP contribution in [0.2, 0.25) is 0 Å². The van der Waals surface area contributed by atoms with Gasteiger partial charge in [-0.15, -0.1) is 0 Å². The van der Waals surface area contributed by atoms with E-state index in [2.05, 4.69) is 10.5 Å². The van der Waals surface area contributed by atoms with Crippen LogP contribution in [0.15, 0.2) is 4.52 Å². The first-order valence-electron chi connectivity index (χ1n) is 6.38. The summed E-state index contributed by atoms with van der Waals surface area (Å²) in [5.74, 6) is -0.981. The number of hydrogen-bond donors (Lipinski definition) is 2. The number of aryl methyl sites for hydroxylation is 1. The van der Waals surface area contributed by atoms with Crippen molar-refractivity contribution in [3.63, 3.8) is 0 Å². The van der Waals surface area contributed by atoms with Crippen molar-refractivity contribution < 1.29 is 19.2 Å². The molecule has 19 heavy (non-hydrogen) atoms. The lowest BCUT2D eigenvalue weighted by Gasteiger charge is -2.14. The fraction of sp³-hybridized carbons (Fsp3) is 0.615. The van der Waals surface area contributed by atoms with E-state index in [1.165, 1.54) is 0 Å². The number of carboxylic acid groups (broad SMARTS) is 1. The molecule has 6 heteroatoms. The average Bonchev–Trinajstić information content (AvgIpc) is 2.70. The first-order chi connectivity index (χ1) is 8.88. The second kappa shape index (κ2) is 6.36. The molecule has 1 heterocycles. The van der Waals surface area contributed by atoms with E-state index in [1.54, 1.807) is 6.92 Å². The van der Waals surface area contributed by atoms with Gasteiger partial charge in [-0.1, -0.05) is 32.3 Å². The van der Waals surface area contributed by atoms with Crippen LogP contribution in [-0.4, -0.2) is 28.2 Å². The minimum atomic E-state index is -1.03. The van der Waals surface area contributed by atoms with Crippen molar-refractivity contribution in [3.05, 3.63) is 17.0 Å². The molecule has 6 nitrogen and oxygen atoms in total. The number of nitrogens with zero attached hydrogens (tertiary/aromatic N) is 1. The summed E-state index contributed by atoms with van der Waals surface area (Å²) in [6, 6.07) is -0.883. The van der Waals surface area contributed by atoms with Gasteiger partial charge in [0.25, 0.3) is 5.91 Å². The Morgan fingerprint density at radius 1 is 1.42 bits per heavy atom. The van der Waals surface area contributed by atoms with Crippen LogP contribution in [-0.2, 0) is 4.79 Å². The molecule has 1 atom stereocenters. The first-order valence-corrected chi connectivity index (χ1v) is 6.38. The standard InChI is InChI=1S/C13H20N2O4/c1-5-6-9(13(17)18)14-12(16)10-8(4)15-19-11(10)7(2)3/h7,9H,5-6H2,1-4H3,(H,14,16)(H,17,18). The molecule has 1 amide bonds. The van der Waals surface area contributed by atoms with E-state index in [0.717, 1.165) is 0 Å². The molecule has 1 rings (SSSR count). The van der Waals surface area contributed by atoms with Gasteiger partial charge >= 0.3 is 5.97 Å². The molecule has 2 N–H and O–H groups in total. The molecular formula is C13H20N2O4. The zero-order valence-electron chi connectivity index (χ0n) is 11.7. The lowest BCUT2D eigenvalue weighted by atomic mass is 10.0. The molecule has 1 unspecified atom stereocenters. The summed E-state index contributed by atoms with van der Waals surface area (Å²) in [6.45, 7) is 7.31. The van der Waals surface area contributed by atoms with Crippen LogP contribution >= 0.6 is 0 Å². The predicted molar refractivity (Wildman–Crippen MR) is 69.1 cm³/mol. The lowest BCUT2D eigenvalue weighted by Crippen LogP contribution is -2.41. The Hall–Kier alpha value is -1.85. The molecule has 106 valence electrons. The van der Waals surface area contributed by atoms with Crippen LogP contribution in [0, 0.1) is 6.92 Å². The summed E-state index contributed by atoms with van der Waals surface area (Å²) >= 11 is 0. The van der Waals surface area contributed by atoms with Crippen molar-refractivity contribution in [2.75, 3.05) is 0 Å². The van der Waals surface area contributed by atoms with Crippen LogP contribution in [0.25, 0.3) is 0 Å². The van der Waals surface area contributed by atoms with Crippen molar-refractivity contribution in [1.82, 2.24) is 10.5 Å². The third-order valence-electron chi connectivity index (χ3n) is 2.82. The predicted octanol–water partition coefficient (Wildman–Crippen LogP) is 2.09. The maximum Gasteiger partial charge on any atom is 0.326 e. The van der Waals surface area contributed by atoms with Crippen molar-refractivity contribution in [2.24, 2.45) is 0 Å². The van der Waals surface area contributed by atoms with Gasteiger partial charge in [-0.3, -0.25) is 4.79 Å². The second-order valence-corrected chi connectivity index (χ2v) is 4.81. The van der Waals surface area contributed by atoms with E-state index in [9.17, 15) is 9.59 Å². The molecule has 0 radical (unpaired) electrons. The van der Waals surface area contributed by atoms with E-state index < -0.39 is 17.9 Å². The largest absolute Gasteiger partial charge is 0.480 e. The SMILES string of the molecule is CCCC(NC(=O)c1c(C)noc1C(C)C)C(=O)O. The summed E-state index contributed by atoms with van der Waals surface area (Å²) < 4.78 is 5.12. The minimum absolute atomic E-state index is 0.0106. The maximum atomic E-state index is 12.2. The quantitative estimate of drug-likeness (QED) is 0.824. The lowest BCUT2D eigenvalue weighted by molar-refractivity contribution is -0.139. The van der Waals surface area contributed by atoms with Crippen molar-refractivity contribution in [2.45, 2.75) is 52.5 Å². The second-order valence-electron chi connectivity index (χ2n) is 4.81. The topological polar surface area (TPSA) is 92.4 Å². The van der Waals surface area contributed by atoms with Gasteiger partial charge in [-0.05, 0) is 13.3 Å². The molecule has 0 aliphatic heterocycles. The van der Waals surface area contributed by atoms with E-state index in [-0.39, 0.29) is 5.92 Å². The Balaban J connectivity index is 2.94. The highest BCUT2D eigenvalue weighted by atomic mass is 16.5. The normalized spacial score (nSPS) is 12.5. The summed E-state index contributed by atoms with van der Waals surface area (Å²) in [5, 5.41) is 15.3. The monoisotopic (exact) mass is 268 g/mol. The number of carboxylic acids is 1. The Morgan fingerprint density at radius 3 is 2.53 bits per heavy atom. The van der Waals surface area contributed by atoms with Crippen molar-refractivity contribution in [1.29, 1.82) is 0 Å². The third kappa shape index (κ3) is 3.56. The molecule has 0 aliphatic carbocycles. The Labute approximate surface area is 112 Å². The van der Waals surface area contributed by atoms with Gasteiger partial charge in [-0.2, -0.15) is 0 Å². The van der Waals surface area contributed by atoms with E-state index in [0.29, 0.717) is 29.9 Å². The van der Waals surface area contributed by atoms with Crippen LogP contribution < -0.4 is 5.32 Å². The smallest absolute Gasteiger partial charge is 0.326 e. The van der Waals surface area contributed by atoms with Gasteiger partial charge in [0, 0.05) is 5.92 Å². The molecule has 0 bridgehead atoms. The van der Waals surface area contributed by atoms with Crippen LogP contribution in [0.3, 0.4) is 0 Å². The van der Waals surface area contributed by atoms with Gasteiger partial charge in [-0.25, -0.2) is 4.79 Å². The number of hydrogen-bond acceptors (Lipinski definition) is 4. The molecule has 1 aromatic rings. The summed E-state index contributed by atoms with van der Waals surface area (Å²) in [5.41, 5.74) is 0.819. The van der Waals surface area contributed by atoms with Crippen LogP contribution in [0.1, 0.15) is 61.3 Å². The Kier molecular flexibility index (Phi) is 5.09. The average molecular weight is 268 g/mol. The minimum Gasteiger partial charge on any atom is -0.480 e. The first kappa shape index (κ1) is 15.2. The number of aliphatic carboxylic acids is 1. The van der Waals surface area contributed by atoms with Crippen LogP contribution in [0.5, 0.6) is 0 Å². The number of amides is 1. The molecular weight excluding hydrogens is 248 g/mol. The Morgan fingerprint density at radius 2 is 2.05 bits per heavy atom. The van der Waals surface area contributed by atoms with E-state index in [4.69, 9.17) is 9.63 Å². The number of carbonyl (C=O) groups excluding carboxylic acids is 1. The molecule has 0 aliphatic rings. The summed E-state index contributed by atoms with van der Waals surface area (Å²) in [6.07, 6.45) is 1.07. The molecule has 1 aromatic heterocycles. The summed E-state index contributed by atoms with van der Waals surface area (Å²) in [7, 11) is 0. The van der Waals surface area contributed by atoms with Gasteiger partial charge in [0.15, 0.2) is 5.76 Å². The zero-order chi connectivity index (χ0) is 14.6. The highest BCUT2D eigenvalue weighted by Gasteiger charge is 2.26. The van der Waals surface area contributed by atoms with Gasteiger partial charge < -0.3 is 14.9 Å². The molecule has 0 saturated heterocycles. The summed E-state index contributed by atoms with van der Waals surface area (Å²) in [4.78, 5) is 23.2. The van der Waals surface area contributed by atoms with Crippen molar-refractivity contribution in [3.8, 4) is 0 Å². The van der Waals surface area contributed by atoms with E-state index in [1.807, 2.05) is 20.8 Å². The fourth-order valence-corrected chi connectivity index (χ4v) is 1.83. The fourth-order valence-electron chi connectivity index (χ4n) is 1.83. The number of carbonyl (C=O) groups is 2. The highest BCUT2D eigenvalue weighted by Crippen LogP contribution is 2.22. The maximum absolute atomic E-state index is 12.2. The number of rotatable bonds is 6.